The monoisotopic (exact) mass is 254 g/mol. The smallest absolute Gasteiger partial charge is 0.141 e. The molecule has 2 aromatic rings. The summed E-state index contributed by atoms with van der Waals surface area (Å²) in [6, 6.07) is 8.00. The fraction of sp³-hybridized carbons (Fsp3) is 0.143. The first-order chi connectivity index (χ1) is 9.01. The number of nitrogens with two attached hydrogens (primary N) is 1. The summed E-state index contributed by atoms with van der Waals surface area (Å²) < 4.78 is 15.0. The average Bonchev–Trinajstić information content (AvgIpc) is 2.61. The highest BCUT2D eigenvalue weighted by atomic mass is 19.1. The van der Waals surface area contributed by atoms with E-state index < -0.39 is 5.82 Å². The highest BCUT2D eigenvalue weighted by Gasteiger charge is 2.17. The van der Waals surface area contributed by atoms with Crippen molar-refractivity contribution in [2.24, 2.45) is 0 Å². The molecule has 94 valence electrons. The van der Waals surface area contributed by atoms with E-state index in [0.29, 0.717) is 17.1 Å². The molecule has 0 aliphatic heterocycles. The summed E-state index contributed by atoms with van der Waals surface area (Å²) in [6.45, 7) is 3.62. The van der Waals surface area contributed by atoms with Crippen LogP contribution in [0.2, 0.25) is 0 Å². The molecule has 1 aromatic carbocycles. The fourth-order valence-corrected chi connectivity index (χ4v) is 2.05. The summed E-state index contributed by atoms with van der Waals surface area (Å²) >= 11 is 0. The second kappa shape index (κ2) is 4.47. The number of nitrogens with zero attached hydrogens (tertiary/aromatic N) is 3. The Hall–Kier alpha value is -2.79. The van der Waals surface area contributed by atoms with Crippen molar-refractivity contribution in [1.29, 1.82) is 10.5 Å². The van der Waals surface area contributed by atoms with Crippen molar-refractivity contribution in [3.05, 3.63) is 46.4 Å². The lowest BCUT2D eigenvalue weighted by molar-refractivity contribution is 0.623. The second-order valence-electron chi connectivity index (χ2n) is 4.19. The third kappa shape index (κ3) is 1.82. The molecule has 2 N–H and O–H groups in total. The quantitative estimate of drug-likeness (QED) is 0.849. The maximum atomic E-state index is 13.3. The van der Waals surface area contributed by atoms with Crippen LogP contribution in [0.4, 0.5) is 10.2 Å². The maximum absolute atomic E-state index is 13.3. The molecule has 1 heterocycles. The van der Waals surface area contributed by atoms with Crippen LogP contribution in [-0.2, 0) is 0 Å². The highest BCUT2D eigenvalue weighted by Crippen LogP contribution is 2.28. The van der Waals surface area contributed by atoms with Gasteiger partial charge in [0.15, 0.2) is 0 Å². The molecule has 0 atom stereocenters. The van der Waals surface area contributed by atoms with Gasteiger partial charge in [-0.3, -0.25) is 4.57 Å². The van der Waals surface area contributed by atoms with Gasteiger partial charge in [-0.15, -0.1) is 0 Å². The van der Waals surface area contributed by atoms with Crippen LogP contribution in [0.15, 0.2) is 18.2 Å². The van der Waals surface area contributed by atoms with Gasteiger partial charge < -0.3 is 5.73 Å². The minimum atomic E-state index is -0.577. The lowest BCUT2D eigenvalue weighted by atomic mass is 10.2. The molecule has 0 bridgehead atoms. The van der Waals surface area contributed by atoms with E-state index in [4.69, 9.17) is 16.3 Å². The molecule has 0 amide bonds. The number of benzene rings is 1. The number of halogens is 1. The van der Waals surface area contributed by atoms with Crippen molar-refractivity contribution in [2.45, 2.75) is 13.8 Å². The Bertz CT molecular complexity index is 744. The van der Waals surface area contributed by atoms with Gasteiger partial charge in [0.05, 0.1) is 11.1 Å². The van der Waals surface area contributed by atoms with Crippen LogP contribution in [0.5, 0.6) is 0 Å². The van der Waals surface area contributed by atoms with Gasteiger partial charge in [-0.25, -0.2) is 4.39 Å². The third-order valence-electron chi connectivity index (χ3n) is 3.19. The largest absolute Gasteiger partial charge is 0.384 e. The van der Waals surface area contributed by atoms with Gasteiger partial charge in [0.1, 0.15) is 23.8 Å². The highest BCUT2D eigenvalue weighted by molar-refractivity contribution is 5.62. The zero-order valence-electron chi connectivity index (χ0n) is 10.5. The summed E-state index contributed by atoms with van der Waals surface area (Å²) in [7, 11) is 0. The van der Waals surface area contributed by atoms with E-state index in [1.165, 1.54) is 18.2 Å². The topological polar surface area (TPSA) is 78.5 Å². The van der Waals surface area contributed by atoms with Crippen LogP contribution >= 0.6 is 0 Å². The van der Waals surface area contributed by atoms with Crippen LogP contribution in [0, 0.1) is 42.3 Å². The fourth-order valence-electron chi connectivity index (χ4n) is 2.05. The molecule has 2 rings (SSSR count). The number of rotatable bonds is 1. The Morgan fingerprint density at radius 3 is 2.42 bits per heavy atom. The van der Waals surface area contributed by atoms with Gasteiger partial charge in [0.2, 0.25) is 0 Å². The van der Waals surface area contributed by atoms with Crippen LogP contribution in [-0.4, -0.2) is 4.57 Å². The lowest BCUT2D eigenvalue weighted by Crippen LogP contribution is -2.03. The Morgan fingerprint density at radius 2 is 1.89 bits per heavy atom. The molecule has 0 saturated heterocycles. The predicted molar refractivity (Wildman–Crippen MR) is 69.0 cm³/mol. The molecule has 5 heteroatoms. The third-order valence-corrected chi connectivity index (χ3v) is 3.19. The summed E-state index contributed by atoms with van der Waals surface area (Å²) in [4.78, 5) is 0. The van der Waals surface area contributed by atoms with E-state index in [0.717, 1.165) is 11.3 Å². The molecule has 0 saturated carbocycles. The normalized spacial score (nSPS) is 9.95. The predicted octanol–water partition coefficient (Wildman–Crippen LogP) is 2.56. The molecule has 0 unspecified atom stereocenters. The summed E-state index contributed by atoms with van der Waals surface area (Å²) in [5.74, 6) is -0.278. The number of hydrogen-bond acceptors (Lipinski definition) is 3. The zero-order valence-corrected chi connectivity index (χ0v) is 10.5. The summed E-state index contributed by atoms with van der Waals surface area (Å²) in [5, 5.41) is 17.9. The SMILES string of the molecule is Cc1c(C#N)c(N)n(-c2ccc(F)c(C#N)c2)c1C. The standard InChI is InChI=1S/C14H11FN4/c1-8-9(2)19(14(18)12(8)7-17)11-3-4-13(15)10(5-11)6-16/h3-5H,18H2,1-2H3. The van der Waals surface area contributed by atoms with E-state index in [-0.39, 0.29) is 5.56 Å². The van der Waals surface area contributed by atoms with Gasteiger partial charge in [-0.1, -0.05) is 0 Å². The van der Waals surface area contributed by atoms with E-state index >= 15 is 0 Å². The molecule has 19 heavy (non-hydrogen) atoms. The van der Waals surface area contributed by atoms with E-state index in [2.05, 4.69) is 0 Å². The van der Waals surface area contributed by atoms with E-state index in [1.54, 1.807) is 17.6 Å². The van der Waals surface area contributed by atoms with Gasteiger partial charge in [0.25, 0.3) is 0 Å². The van der Waals surface area contributed by atoms with Crippen molar-refractivity contribution in [1.82, 2.24) is 4.57 Å². The van der Waals surface area contributed by atoms with Crippen LogP contribution in [0.1, 0.15) is 22.4 Å². The Kier molecular flexibility index (Phi) is 2.98. The van der Waals surface area contributed by atoms with Crippen molar-refractivity contribution in [3.8, 4) is 17.8 Å². The van der Waals surface area contributed by atoms with Gasteiger partial charge in [0, 0.05) is 11.4 Å². The van der Waals surface area contributed by atoms with Crippen LogP contribution in [0.3, 0.4) is 0 Å². The first kappa shape index (κ1) is 12.7. The van der Waals surface area contributed by atoms with E-state index in [9.17, 15) is 4.39 Å². The molecule has 0 radical (unpaired) electrons. The Morgan fingerprint density at radius 1 is 1.21 bits per heavy atom. The molecule has 0 aliphatic rings. The minimum absolute atomic E-state index is 0.0545. The summed E-state index contributed by atoms with van der Waals surface area (Å²) in [5.41, 5.74) is 8.43. The number of hydrogen-bond donors (Lipinski definition) is 1. The zero-order chi connectivity index (χ0) is 14.2. The molecular weight excluding hydrogens is 243 g/mol. The number of nitrogen functional groups attached to an aromatic ring is 1. The molecule has 4 nitrogen and oxygen atoms in total. The first-order valence-electron chi connectivity index (χ1n) is 5.58. The minimum Gasteiger partial charge on any atom is -0.384 e. The molecule has 0 fully saturated rings. The van der Waals surface area contributed by atoms with E-state index in [1.807, 2.05) is 13.0 Å². The van der Waals surface area contributed by atoms with Crippen molar-refractivity contribution >= 4 is 5.82 Å². The number of nitriles is 2. The van der Waals surface area contributed by atoms with Gasteiger partial charge >= 0.3 is 0 Å². The lowest BCUT2D eigenvalue weighted by Gasteiger charge is -2.09. The number of aromatic nitrogens is 1. The van der Waals surface area contributed by atoms with Crippen molar-refractivity contribution in [2.75, 3.05) is 5.73 Å². The number of anilines is 1. The average molecular weight is 254 g/mol. The van der Waals surface area contributed by atoms with Crippen LogP contribution < -0.4 is 5.73 Å². The van der Waals surface area contributed by atoms with Crippen molar-refractivity contribution in [3.63, 3.8) is 0 Å². The molecule has 0 spiro atoms. The maximum Gasteiger partial charge on any atom is 0.141 e. The molecular formula is C14H11FN4. The van der Waals surface area contributed by atoms with Crippen molar-refractivity contribution < 1.29 is 4.39 Å². The second-order valence-corrected chi connectivity index (χ2v) is 4.19. The van der Waals surface area contributed by atoms with Gasteiger partial charge in [-0.05, 0) is 37.6 Å². The van der Waals surface area contributed by atoms with Gasteiger partial charge in [-0.2, -0.15) is 10.5 Å². The Labute approximate surface area is 110 Å². The first-order valence-corrected chi connectivity index (χ1v) is 5.58. The Balaban J connectivity index is 2.74. The molecule has 1 aromatic heterocycles. The summed E-state index contributed by atoms with van der Waals surface area (Å²) in [6.07, 6.45) is 0. The molecule has 0 aliphatic carbocycles. The van der Waals surface area contributed by atoms with Crippen LogP contribution in [0.25, 0.3) is 5.69 Å².